The number of rotatable bonds is 4. The van der Waals surface area contributed by atoms with Gasteiger partial charge in [0.05, 0.1) is 19.3 Å². The predicted octanol–water partition coefficient (Wildman–Crippen LogP) is 1.13. The van der Waals surface area contributed by atoms with Gasteiger partial charge in [-0.1, -0.05) is 6.92 Å². The van der Waals surface area contributed by atoms with Gasteiger partial charge < -0.3 is 19.9 Å². The van der Waals surface area contributed by atoms with Gasteiger partial charge in [0.2, 0.25) is 17.8 Å². The molecule has 1 unspecified atom stereocenters. The lowest BCUT2D eigenvalue weighted by Crippen LogP contribution is -2.46. The number of hydrogen-bond donors (Lipinski definition) is 1. The summed E-state index contributed by atoms with van der Waals surface area (Å²) in [5, 5.41) is 3.06. The van der Waals surface area contributed by atoms with E-state index in [1.807, 2.05) is 7.05 Å². The highest BCUT2D eigenvalue weighted by Gasteiger charge is 2.26. The van der Waals surface area contributed by atoms with Crippen molar-refractivity contribution in [2.24, 2.45) is 0 Å². The van der Waals surface area contributed by atoms with Crippen LogP contribution in [0.15, 0.2) is 0 Å². The molecular formula is C14H24N6O. The average Bonchev–Trinajstić information content (AvgIpc) is 3.09. The van der Waals surface area contributed by atoms with E-state index in [1.54, 1.807) is 0 Å². The fraction of sp³-hybridized carbons (Fsp3) is 0.786. The normalized spacial score (nSPS) is 22.7. The van der Waals surface area contributed by atoms with Crippen LogP contribution in [0.1, 0.15) is 26.2 Å². The largest absolute Gasteiger partial charge is 0.377 e. The van der Waals surface area contributed by atoms with Gasteiger partial charge in [-0.05, 0) is 19.3 Å². The third kappa shape index (κ3) is 3.02. The molecule has 7 nitrogen and oxygen atoms in total. The first-order valence-corrected chi connectivity index (χ1v) is 7.85. The summed E-state index contributed by atoms with van der Waals surface area (Å²) in [6.07, 6.45) is 3.45. The Kier molecular flexibility index (Phi) is 4.38. The van der Waals surface area contributed by atoms with E-state index < -0.39 is 0 Å². The van der Waals surface area contributed by atoms with Gasteiger partial charge in [-0.25, -0.2) is 0 Å². The first-order valence-electron chi connectivity index (χ1n) is 7.85. The maximum atomic E-state index is 5.57. The number of nitrogens with one attached hydrogen (secondary N) is 1. The van der Waals surface area contributed by atoms with Crippen molar-refractivity contribution in [3.63, 3.8) is 0 Å². The molecule has 3 rings (SSSR count). The van der Waals surface area contributed by atoms with Crippen molar-refractivity contribution < 1.29 is 4.74 Å². The van der Waals surface area contributed by atoms with E-state index in [1.165, 1.54) is 12.8 Å². The van der Waals surface area contributed by atoms with Crippen LogP contribution >= 0.6 is 0 Å². The summed E-state index contributed by atoms with van der Waals surface area (Å²) < 4.78 is 5.57. The summed E-state index contributed by atoms with van der Waals surface area (Å²) >= 11 is 0. The van der Waals surface area contributed by atoms with Gasteiger partial charge in [-0.3, -0.25) is 0 Å². The second-order valence-corrected chi connectivity index (χ2v) is 5.53. The van der Waals surface area contributed by atoms with E-state index >= 15 is 0 Å². The molecule has 3 heterocycles. The van der Waals surface area contributed by atoms with Crippen LogP contribution in [0.3, 0.4) is 0 Å². The lowest BCUT2D eigenvalue weighted by Gasteiger charge is -2.35. The van der Waals surface area contributed by atoms with Crippen molar-refractivity contribution in [3.05, 3.63) is 0 Å². The Labute approximate surface area is 125 Å². The Balaban J connectivity index is 1.90. The summed E-state index contributed by atoms with van der Waals surface area (Å²) in [4.78, 5) is 18.3. The predicted molar refractivity (Wildman–Crippen MR) is 83.1 cm³/mol. The molecule has 2 aliphatic rings. The van der Waals surface area contributed by atoms with Gasteiger partial charge in [0, 0.05) is 26.7 Å². The molecule has 0 saturated carbocycles. The summed E-state index contributed by atoms with van der Waals surface area (Å²) in [6, 6.07) is 0.345. The molecule has 2 saturated heterocycles. The topological polar surface area (TPSA) is 66.4 Å². The quantitative estimate of drug-likeness (QED) is 0.892. The van der Waals surface area contributed by atoms with Crippen molar-refractivity contribution in [3.8, 4) is 0 Å². The zero-order valence-electron chi connectivity index (χ0n) is 12.9. The lowest BCUT2D eigenvalue weighted by atomic mass is 10.2. The smallest absolute Gasteiger partial charge is 0.232 e. The van der Waals surface area contributed by atoms with Crippen molar-refractivity contribution in [2.75, 3.05) is 55.0 Å². The Hall–Kier alpha value is -1.63. The molecule has 1 aromatic rings. The van der Waals surface area contributed by atoms with Crippen LogP contribution in [0.4, 0.5) is 17.8 Å². The molecular weight excluding hydrogens is 268 g/mol. The first kappa shape index (κ1) is 14.3. The average molecular weight is 292 g/mol. The summed E-state index contributed by atoms with van der Waals surface area (Å²) in [5.41, 5.74) is 0. The fourth-order valence-electron chi connectivity index (χ4n) is 2.91. The van der Waals surface area contributed by atoms with E-state index in [0.29, 0.717) is 12.0 Å². The van der Waals surface area contributed by atoms with Crippen LogP contribution in [0.25, 0.3) is 0 Å². The minimum absolute atomic E-state index is 0.345. The molecule has 0 amide bonds. The molecule has 0 bridgehead atoms. The molecule has 21 heavy (non-hydrogen) atoms. The molecule has 2 fully saturated rings. The highest BCUT2D eigenvalue weighted by atomic mass is 16.5. The maximum Gasteiger partial charge on any atom is 0.232 e. The van der Waals surface area contributed by atoms with Crippen LogP contribution in [-0.4, -0.2) is 60.9 Å². The van der Waals surface area contributed by atoms with Gasteiger partial charge in [0.15, 0.2) is 0 Å². The van der Waals surface area contributed by atoms with Crippen LogP contribution in [0, 0.1) is 0 Å². The van der Waals surface area contributed by atoms with E-state index in [0.717, 1.165) is 51.2 Å². The molecule has 116 valence electrons. The number of ether oxygens (including phenoxy) is 1. The van der Waals surface area contributed by atoms with Gasteiger partial charge in [0.1, 0.15) is 0 Å². The Morgan fingerprint density at radius 3 is 2.62 bits per heavy atom. The molecule has 0 radical (unpaired) electrons. The fourth-order valence-corrected chi connectivity index (χ4v) is 2.91. The van der Waals surface area contributed by atoms with Crippen LogP contribution in [0.5, 0.6) is 0 Å². The number of hydrogen-bond acceptors (Lipinski definition) is 7. The van der Waals surface area contributed by atoms with Crippen molar-refractivity contribution in [2.45, 2.75) is 32.2 Å². The van der Waals surface area contributed by atoms with E-state index in [2.05, 4.69) is 32.0 Å². The van der Waals surface area contributed by atoms with Crippen molar-refractivity contribution in [1.29, 1.82) is 0 Å². The number of morpholine rings is 1. The molecule has 1 atom stereocenters. The Bertz CT molecular complexity index is 477. The van der Waals surface area contributed by atoms with Gasteiger partial charge >= 0.3 is 0 Å². The summed E-state index contributed by atoms with van der Waals surface area (Å²) in [7, 11) is 1.85. The Morgan fingerprint density at radius 2 is 1.90 bits per heavy atom. The molecule has 1 aromatic heterocycles. The molecule has 1 N–H and O–H groups in total. The van der Waals surface area contributed by atoms with Crippen molar-refractivity contribution in [1.82, 2.24) is 15.0 Å². The van der Waals surface area contributed by atoms with E-state index in [9.17, 15) is 0 Å². The second kappa shape index (κ2) is 6.43. The van der Waals surface area contributed by atoms with E-state index in [4.69, 9.17) is 9.72 Å². The maximum absolute atomic E-state index is 5.57. The molecule has 0 aromatic carbocycles. The van der Waals surface area contributed by atoms with Crippen LogP contribution < -0.4 is 15.1 Å². The lowest BCUT2D eigenvalue weighted by molar-refractivity contribution is 0.0921. The highest BCUT2D eigenvalue weighted by molar-refractivity contribution is 5.46. The number of anilines is 3. The van der Waals surface area contributed by atoms with Gasteiger partial charge in [0.25, 0.3) is 0 Å². The van der Waals surface area contributed by atoms with Gasteiger partial charge in [-0.15, -0.1) is 0 Å². The minimum Gasteiger partial charge on any atom is -0.377 e. The standard InChI is InChI=1S/C14H24N6O/c1-3-11-10-21-9-8-20(11)14-17-12(15-2)16-13(18-14)19-6-4-5-7-19/h11H,3-10H2,1-2H3,(H,15,16,17,18). The molecule has 7 heteroatoms. The third-order valence-corrected chi connectivity index (χ3v) is 4.18. The summed E-state index contributed by atoms with van der Waals surface area (Å²) in [6.45, 7) is 6.56. The van der Waals surface area contributed by atoms with Crippen molar-refractivity contribution >= 4 is 17.8 Å². The number of aromatic nitrogens is 3. The SMILES string of the molecule is CCC1COCCN1c1nc(NC)nc(N2CCCC2)n1. The van der Waals surface area contributed by atoms with Crippen LogP contribution in [-0.2, 0) is 4.74 Å². The first-order chi connectivity index (χ1) is 10.3. The molecule has 0 aliphatic carbocycles. The van der Waals surface area contributed by atoms with E-state index in [-0.39, 0.29) is 0 Å². The Morgan fingerprint density at radius 1 is 1.14 bits per heavy atom. The van der Waals surface area contributed by atoms with Gasteiger partial charge in [-0.2, -0.15) is 15.0 Å². The number of nitrogens with zero attached hydrogens (tertiary/aromatic N) is 5. The monoisotopic (exact) mass is 292 g/mol. The zero-order valence-corrected chi connectivity index (χ0v) is 12.9. The minimum atomic E-state index is 0.345. The zero-order chi connectivity index (χ0) is 14.7. The third-order valence-electron chi connectivity index (χ3n) is 4.18. The van der Waals surface area contributed by atoms with Crippen LogP contribution in [0.2, 0.25) is 0 Å². The second-order valence-electron chi connectivity index (χ2n) is 5.53. The highest BCUT2D eigenvalue weighted by Crippen LogP contribution is 2.23. The molecule has 0 spiro atoms. The summed E-state index contributed by atoms with van der Waals surface area (Å²) in [5.74, 6) is 2.21. The molecule has 2 aliphatic heterocycles.